The molecular formula is C17H20N2O2. The van der Waals surface area contributed by atoms with Gasteiger partial charge in [-0.1, -0.05) is 30.3 Å². The van der Waals surface area contributed by atoms with Gasteiger partial charge < -0.3 is 15.8 Å². The van der Waals surface area contributed by atoms with Crippen molar-refractivity contribution in [3.8, 4) is 0 Å². The number of methoxy groups -OCH3 is 1. The number of nitrogens with one attached hydrogen (secondary N) is 1. The Morgan fingerprint density at radius 3 is 2.76 bits per heavy atom. The number of para-hydroxylation sites is 1. The first-order valence-corrected chi connectivity index (χ1v) is 6.90. The van der Waals surface area contributed by atoms with Crippen LogP contribution in [0.4, 0.5) is 11.4 Å². The van der Waals surface area contributed by atoms with E-state index in [-0.39, 0.29) is 5.91 Å². The first-order valence-electron chi connectivity index (χ1n) is 6.90. The van der Waals surface area contributed by atoms with Crippen LogP contribution >= 0.6 is 0 Å². The van der Waals surface area contributed by atoms with Crippen LogP contribution in [0.5, 0.6) is 0 Å². The molecule has 0 spiro atoms. The third kappa shape index (κ3) is 4.61. The fraction of sp³-hybridized carbons (Fsp3) is 0.235. The number of anilines is 2. The molecule has 0 bridgehead atoms. The predicted octanol–water partition coefficient (Wildman–Crippen LogP) is 2.99. The fourth-order valence-corrected chi connectivity index (χ4v) is 2.14. The zero-order valence-corrected chi connectivity index (χ0v) is 12.1. The maximum atomic E-state index is 12.0. The van der Waals surface area contributed by atoms with E-state index in [1.807, 2.05) is 48.5 Å². The van der Waals surface area contributed by atoms with Crippen LogP contribution in [-0.2, 0) is 22.6 Å². The second kappa shape index (κ2) is 7.45. The van der Waals surface area contributed by atoms with E-state index in [0.29, 0.717) is 19.4 Å². The largest absolute Gasteiger partial charge is 0.399 e. The number of carbonyl (C=O) groups excluding carboxylic acids is 1. The molecule has 0 fully saturated rings. The summed E-state index contributed by atoms with van der Waals surface area (Å²) < 4.78 is 5.13. The molecule has 2 rings (SSSR count). The highest BCUT2D eigenvalue weighted by Crippen LogP contribution is 2.16. The van der Waals surface area contributed by atoms with Crippen molar-refractivity contribution < 1.29 is 9.53 Å². The summed E-state index contributed by atoms with van der Waals surface area (Å²) in [7, 11) is 1.64. The van der Waals surface area contributed by atoms with Gasteiger partial charge in [-0.05, 0) is 30.2 Å². The van der Waals surface area contributed by atoms with Gasteiger partial charge in [0.25, 0.3) is 0 Å². The number of rotatable bonds is 6. The minimum atomic E-state index is -0.0130. The van der Waals surface area contributed by atoms with Crippen LogP contribution in [0.2, 0.25) is 0 Å². The molecule has 0 unspecified atom stereocenters. The third-order valence-electron chi connectivity index (χ3n) is 3.18. The Bertz CT molecular complexity index is 611. The van der Waals surface area contributed by atoms with Crippen molar-refractivity contribution in [3.63, 3.8) is 0 Å². The van der Waals surface area contributed by atoms with Crippen molar-refractivity contribution >= 4 is 17.3 Å². The summed E-state index contributed by atoms with van der Waals surface area (Å²) in [6.45, 7) is 0.478. The molecule has 2 aromatic rings. The Hall–Kier alpha value is -2.33. The lowest BCUT2D eigenvalue weighted by atomic mass is 10.1. The van der Waals surface area contributed by atoms with Gasteiger partial charge in [0.2, 0.25) is 5.91 Å². The quantitative estimate of drug-likeness (QED) is 0.801. The average molecular weight is 284 g/mol. The molecule has 0 saturated heterocycles. The normalized spacial score (nSPS) is 10.3. The summed E-state index contributed by atoms with van der Waals surface area (Å²) in [4.78, 5) is 12.0. The highest BCUT2D eigenvalue weighted by atomic mass is 16.5. The number of nitrogens with two attached hydrogens (primary N) is 1. The molecule has 0 heterocycles. The van der Waals surface area contributed by atoms with Crippen molar-refractivity contribution in [2.24, 2.45) is 0 Å². The van der Waals surface area contributed by atoms with Crippen LogP contribution in [0.3, 0.4) is 0 Å². The molecular weight excluding hydrogens is 264 g/mol. The lowest BCUT2D eigenvalue weighted by Gasteiger charge is -2.10. The Morgan fingerprint density at radius 2 is 2.00 bits per heavy atom. The zero-order chi connectivity index (χ0) is 15.1. The third-order valence-corrected chi connectivity index (χ3v) is 3.18. The Labute approximate surface area is 124 Å². The van der Waals surface area contributed by atoms with Crippen LogP contribution in [0.15, 0.2) is 48.5 Å². The average Bonchev–Trinajstić information content (AvgIpc) is 2.48. The first kappa shape index (κ1) is 15.1. The van der Waals surface area contributed by atoms with Crippen LogP contribution < -0.4 is 11.1 Å². The molecule has 3 N–H and O–H groups in total. The van der Waals surface area contributed by atoms with Gasteiger partial charge in [-0.25, -0.2) is 0 Å². The monoisotopic (exact) mass is 284 g/mol. The number of nitrogen functional groups attached to an aromatic ring is 1. The van der Waals surface area contributed by atoms with Crippen molar-refractivity contribution in [3.05, 3.63) is 59.7 Å². The van der Waals surface area contributed by atoms with Crippen LogP contribution in [-0.4, -0.2) is 13.0 Å². The van der Waals surface area contributed by atoms with E-state index in [4.69, 9.17) is 10.5 Å². The highest BCUT2D eigenvalue weighted by Gasteiger charge is 2.07. The molecule has 0 aliphatic carbocycles. The molecule has 0 radical (unpaired) electrons. The zero-order valence-electron chi connectivity index (χ0n) is 12.1. The van der Waals surface area contributed by atoms with Crippen LogP contribution in [0.1, 0.15) is 17.5 Å². The number of amides is 1. The number of aryl methyl sites for hydroxylation is 1. The summed E-state index contributed by atoms with van der Waals surface area (Å²) in [5.74, 6) is -0.0130. The lowest BCUT2D eigenvalue weighted by molar-refractivity contribution is -0.116. The molecule has 0 aromatic heterocycles. The topological polar surface area (TPSA) is 64.3 Å². The van der Waals surface area contributed by atoms with Crippen molar-refractivity contribution in [2.45, 2.75) is 19.4 Å². The van der Waals surface area contributed by atoms with Crippen molar-refractivity contribution in [2.75, 3.05) is 18.2 Å². The van der Waals surface area contributed by atoms with E-state index < -0.39 is 0 Å². The van der Waals surface area contributed by atoms with Crippen LogP contribution in [0, 0.1) is 0 Å². The molecule has 4 heteroatoms. The van der Waals surface area contributed by atoms with Gasteiger partial charge in [-0.2, -0.15) is 0 Å². The van der Waals surface area contributed by atoms with Crippen molar-refractivity contribution in [1.29, 1.82) is 0 Å². The smallest absolute Gasteiger partial charge is 0.224 e. The number of hydrogen-bond donors (Lipinski definition) is 2. The number of carbonyl (C=O) groups is 1. The fourth-order valence-electron chi connectivity index (χ4n) is 2.14. The number of benzene rings is 2. The Morgan fingerprint density at radius 1 is 1.19 bits per heavy atom. The molecule has 2 aromatic carbocycles. The molecule has 110 valence electrons. The van der Waals surface area contributed by atoms with Gasteiger partial charge in [-0.15, -0.1) is 0 Å². The number of hydrogen-bond acceptors (Lipinski definition) is 3. The molecule has 21 heavy (non-hydrogen) atoms. The highest BCUT2D eigenvalue weighted by molar-refractivity contribution is 5.91. The molecule has 0 aliphatic rings. The minimum absolute atomic E-state index is 0.0130. The molecule has 0 atom stereocenters. The van der Waals surface area contributed by atoms with Gasteiger partial charge in [0.1, 0.15) is 0 Å². The van der Waals surface area contributed by atoms with Crippen molar-refractivity contribution in [1.82, 2.24) is 0 Å². The second-order valence-corrected chi connectivity index (χ2v) is 4.88. The standard InChI is InChI=1S/C17H20N2O2/c1-21-12-14-6-2-3-8-16(14)19-17(20)10-9-13-5-4-7-15(18)11-13/h2-8,11H,9-10,12,18H2,1H3,(H,19,20). The maximum absolute atomic E-state index is 12.0. The maximum Gasteiger partial charge on any atom is 0.224 e. The second-order valence-electron chi connectivity index (χ2n) is 4.88. The van der Waals surface area contributed by atoms with E-state index in [1.54, 1.807) is 7.11 Å². The van der Waals surface area contributed by atoms with Crippen LogP contribution in [0.25, 0.3) is 0 Å². The summed E-state index contributed by atoms with van der Waals surface area (Å²) in [5.41, 5.74) is 9.29. The van der Waals surface area contributed by atoms with Gasteiger partial charge in [0.15, 0.2) is 0 Å². The Kier molecular flexibility index (Phi) is 5.35. The molecule has 1 amide bonds. The molecule has 0 aliphatic heterocycles. The number of ether oxygens (including phenoxy) is 1. The van der Waals surface area contributed by atoms with E-state index >= 15 is 0 Å². The first-order chi connectivity index (χ1) is 10.2. The molecule has 0 saturated carbocycles. The Balaban J connectivity index is 1.93. The van der Waals surface area contributed by atoms with Gasteiger partial charge in [0.05, 0.1) is 6.61 Å². The van der Waals surface area contributed by atoms with E-state index in [2.05, 4.69) is 5.32 Å². The summed E-state index contributed by atoms with van der Waals surface area (Å²) in [5, 5.41) is 2.93. The van der Waals surface area contributed by atoms with Gasteiger partial charge >= 0.3 is 0 Å². The summed E-state index contributed by atoms with van der Waals surface area (Å²) in [6.07, 6.45) is 1.09. The van der Waals surface area contributed by atoms with E-state index in [9.17, 15) is 4.79 Å². The molecule has 4 nitrogen and oxygen atoms in total. The van der Waals surface area contributed by atoms with Gasteiger partial charge in [-0.3, -0.25) is 4.79 Å². The van der Waals surface area contributed by atoms with E-state index in [1.165, 1.54) is 0 Å². The SMILES string of the molecule is COCc1ccccc1NC(=O)CCc1cccc(N)c1. The summed E-state index contributed by atoms with van der Waals surface area (Å²) >= 11 is 0. The minimum Gasteiger partial charge on any atom is -0.399 e. The predicted molar refractivity (Wildman–Crippen MR) is 85.0 cm³/mol. The lowest BCUT2D eigenvalue weighted by Crippen LogP contribution is -2.14. The summed E-state index contributed by atoms with van der Waals surface area (Å²) in [6, 6.07) is 15.3. The van der Waals surface area contributed by atoms with E-state index in [0.717, 1.165) is 22.5 Å². The van der Waals surface area contributed by atoms with Gasteiger partial charge in [0, 0.05) is 30.5 Å².